The third kappa shape index (κ3) is 2.23. The van der Waals surface area contributed by atoms with Gasteiger partial charge in [-0.3, -0.25) is 0 Å². The van der Waals surface area contributed by atoms with Crippen LogP contribution in [0.3, 0.4) is 0 Å². The van der Waals surface area contributed by atoms with Crippen LogP contribution in [0.4, 0.5) is 0 Å². The first kappa shape index (κ1) is 11.8. The predicted octanol–water partition coefficient (Wildman–Crippen LogP) is 3.26. The lowest BCUT2D eigenvalue weighted by Crippen LogP contribution is -2.22. The summed E-state index contributed by atoms with van der Waals surface area (Å²) in [4.78, 5) is 0. The van der Waals surface area contributed by atoms with Crippen molar-refractivity contribution >= 4 is 0 Å². The first-order chi connectivity index (χ1) is 8.04. The molecule has 0 spiro atoms. The summed E-state index contributed by atoms with van der Waals surface area (Å²) in [5.74, 6) is 0.954. The summed E-state index contributed by atoms with van der Waals surface area (Å²) in [7, 11) is 0. The normalized spacial score (nSPS) is 11.8. The molecule has 3 nitrogen and oxygen atoms in total. The lowest BCUT2D eigenvalue weighted by atomic mass is 10.0. The van der Waals surface area contributed by atoms with Crippen LogP contribution in [0.25, 0.3) is 11.4 Å². The number of rotatable bonds is 2. The Kier molecular flexibility index (Phi) is 3.01. The molecule has 1 aromatic carbocycles. The van der Waals surface area contributed by atoms with E-state index in [1.165, 1.54) is 11.1 Å². The van der Waals surface area contributed by atoms with Gasteiger partial charge in [-0.2, -0.15) is 0 Å². The molecular formula is C14H19N3. The molecule has 1 heterocycles. The van der Waals surface area contributed by atoms with Crippen molar-refractivity contribution in [3.05, 3.63) is 36.2 Å². The summed E-state index contributed by atoms with van der Waals surface area (Å²) in [5.41, 5.74) is 2.49. The largest absolute Gasteiger partial charge is 0.308 e. The molecule has 0 saturated carbocycles. The summed E-state index contributed by atoms with van der Waals surface area (Å²) in [6, 6.07) is 8.39. The van der Waals surface area contributed by atoms with Crippen LogP contribution in [0.5, 0.6) is 0 Å². The van der Waals surface area contributed by atoms with Gasteiger partial charge < -0.3 is 4.57 Å². The Morgan fingerprint density at radius 2 is 1.88 bits per heavy atom. The van der Waals surface area contributed by atoms with Crippen LogP contribution in [0.1, 0.15) is 33.3 Å². The van der Waals surface area contributed by atoms with Crippen molar-refractivity contribution in [2.24, 2.45) is 0 Å². The monoisotopic (exact) mass is 229 g/mol. The van der Waals surface area contributed by atoms with Gasteiger partial charge in [-0.15, -0.1) is 10.2 Å². The van der Waals surface area contributed by atoms with E-state index in [9.17, 15) is 0 Å². The molecule has 0 unspecified atom stereocenters. The SMILES string of the molecule is CCc1ccccc1-c1nncn1C(C)(C)C. The second-order valence-corrected chi connectivity index (χ2v) is 5.21. The molecule has 0 aliphatic carbocycles. The average Bonchev–Trinajstić information content (AvgIpc) is 2.77. The highest BCUT2D eigenvalue weighted by Crippen LogP contribution is 2.26. The molecule has 0 amide bonds. The minimum atomic E-state index is -0.000311. The first-order valence-electron chi connectivity index (χ1n) is 6.03. The molecule has 90 valence electrons. The van der Waals surface area contributed by atoms with E-state index < -0.39 is 0 Å². The molecule has 2 rings (SSSR count). The van der Waals surface area contributed by atoms with Crippen LogP contribution in [0.2, 0.25) is 0 Å². The highest BCUT2D eigenvalue weighted by Gasteiger charge is 2.19. The van der Waals surface area contributed by atoms with Gasteiger partial charge in [-0.25, -0.2) is 0 Å². The van der Waals surface area contributed by atoms with Crippen LogP contribution >= 0.6 is 0 Å². The van der Waals surface area contributed by atoms with E-state index in [2.05, 4.69) is 66.7 Å². The van der Waals surface area contributed by atoms with Gasteiger partial charge in [-0.05, 0) is 32.8 Å². The summed E-state index contributed by atoms with van der Waals surface area (Å²) < 4.78 is 2.13. The van der Waals surface area contributed by atoms with E-state index in [4.69, 9.17) is 0 Å². The third-order valence-corrected chi connectivity index (χ3v) is 2.91. The third-order valence-electron chi connectivity index (χ3n) is 2.91. The Labute approximate surface area is 103 Å². The maximum Gasteiger partial charge on any atom is 0.164 e. The second kappa shape index (κ2) is 4.32. The molecule has 0 N–H and O–H groups in total. The maximum atomic E-state index is 4.27. The van der Waals surface area contributed by atoms with Gasteiger partial charge in [0.2, 0.25) is 0 Å². The van der Waals surface area contributed by atoms with Crippen LogP contribution < -0.4 is 0 Å². The second-order valence-electron chi connectivity index (χ2n) is 5.21. The predicted molar refractivity (Wildman–Crippen MR) is 69.8 cm³/mol. The standard InChI is InChI=1S/C14H19N3/c1-5-11-8-6-7-9-12(11)13-16-15-10-17(13)14(2,3)4/h6-10H,5H2,1-4H3. The Hall–Kier alpha value is -1.64. The molecule has 0 atom stereocenters. The average molecular weight is 229 g/mol. The zero-order valence-electron chi connectivity index (χ0n) is 10.9. The zero-order chi connectivity index (χ0) is 12.5. The molecule has 0 saturated heterocycles. The van der Waals surface area contributed by atoms with E-state index in [0.717, 1.165) is 12.2 Å². The Balaban J connectivity index is 2.58. The molecule has 0 aliphatic rings. The summed E-state index contributed by atoms with van der Waals surface area (Å²) in [5, 5.41) is 8.33. The Morgan fingerprint density at radius 1 is 1.18 bits per heavy atom. The Bertz CT molecular complexity index is 506. The van der Waals surface area contributed by atoms with E-state index in [-0.39, 0.29) is 5.54 Å². The van der Waals surface area contributed by atoms with Gasteiger partial charge in [-0.1, -0.05) is 31.2 Å². The highest BCUT2D eigenvalue weighted by atomic mass is 15.3. The number of aromatic nitrogens is 3. The summed E-state index contributed by atoms with van der Waals surface area (Å²) >= 11 is 0. The van der Waals surface area contributed by atoms with Crippen LogP contribution in [-0.4, -0.2) is 14.8 Å². The van der Waals surface area contributed by atoms with Gasteiger partial charge in [0.15, 0.2) is 5.82 Å². The fourth-order valence-electron chi connectivity index (χ4n) is 1.96. The van der Waals surface area contributed by atoms with Gasteiger partial charge in [0.1, 0.15) is 6.33 Å². The van der Waals surface area contributed by atoms with Gasteiger partial charge in [0.05, 0.1) is 0 Å². The number of aryl methyl sites for hydroxylation is 1. The van der Waals surface area contributed by atoms with Crippen molar-refractivity contribution in [1.29, 1.82) is 0 Å². The minimum absolute atomic E-state index is 0.000311. The van der Waals surface area contributed by atoms with Crippen LogP contribution in [-0.2, 0) is 12.0 Å². The molecule has 0 bridgehead atoms. The number of nitrogens with zero attached hydrogens (tertiary/aromatic N) is 3. The molecule has 3 heteroatoms. The quantitative estimate of drug-likeness (QED) is 0.791. The van der Waals surface area contributed by atoms with Gasteiger partial charge in [0.25, 0.3) is 0 Å². The lowest BCUT2D eigenvalue weighted by Gasteiger charge is -2.23. The molecule has 2 aromatic rings. The topological polar surface area (TPSA) is 30.7 Å². The van der Waals surface area contributed by atoms with E-state index in [1.54, 1.807) is 0 Å². The maximum absolute atomic E-state index is 4.27. The van der Waals surface area contributed by atoms with Gasteiger partial charge in [0, 0.05) is 11.1 Å². The molecule has 17 heavy (non-hydrogen) atoms. The van der Waals surface area contributed by atoms with Crippen LogP contribution in [0.15, 0.2) is 30.6 Å². The molecular weight excluding hydrogens is 210 g/mol. The van der Waals surface area contributed by atoms with Crippen molar-refractivity contribution in [3.8, 4) is 11.4 Å². The summed E-state index contributed by atoms with van der Waals surface area (Å²) in [6.07, 6.45) is 2.81. The van der Waals surface area contributed by atoms with Crippen molar-refractivity contribution in [3.63, 3.8) is 0 Å². The molecule has 0 fully saturated rings. The zero-order valence-corrected chi connectivity index (χ0v) is 10.9. The Morgan fingerprint density at radius 3 is 2.53 bits per heavy atom. The summed E-state index contributed by atoms with van der Waals surface area (Å²) in [6.45, 7) is 8.65. The van der Waals surface area contributed by atoms with E-state index >= 15 is 0 Å². The lowest BCUT2D eigenvalue weighted by molar-refractivity contribution is 0.399. The first-order valence-corrected chi connectivity index (χ1v) is 6.03. The fraction of sp³-hybridized carbons (Fsp3) is 0.429. The van der Waals surface area contributed by atoms with Crippen molar-refractivity contribution in [2.75, 3.05) is 0 Å². The van der Waals surface area contributed by atoms with Gasteiger partial charge >= 0.3 is 0 Å². The molecule has 0 aliphatic heterocycles. The number of benzene rings is 1. The molecule has 0 radical (unpaired) electrons. The van der Waals surface area contributed by atoms with E-state index in [0.29, 0.717) is 0 Å². The van der Waals surface area contributed by atoms with Crippen molar-refractivity contribution < 1.29 is 0 Å². The van der Waals surface area contributed by atoms with Crippen molar-refractivity contribution in [1.82, 2.24) is 14.8 Å². The van der Waals surface area contributed by atoms with E-state index in [1.807, 2.05) is 6.33 Å². The number of hydrogen-bond donors (Lipinski definition) is 0. The van der Waals surface area contributed by atoms with Crippen molar-refractivity contribution in [2.45, 2.75) is 39.7 Å². The fourth-order valence-corrected chi connectivity index (χ4v) is 1.96. The minimum Gasteiger partial charge on any atom is -0.308 e. The smallest absolute Gasteiger partial charge is 0.164 e. The van der Waals surface area contributed by atoms with Crippen LogP contribution in [0, 0.1) is 0 Å². The number of hydrogen-bond acceptors (Lipinski definition) is 2. The highest BCUT2D eigenvalue weighted by molar-refractivity contribution is 5.60. The molecule has 1 aromatic heterocycles.